The van der Waals surface area contributed by atoms with Crippen molar-refractivity contribution in [2.45, 2.75) is 25.7 Å². The average Bonchev–Trinajstić information content (AvgIpc) is 2.56. The van der Waals surface area contributed by atoms with E-state index < -0.39 is 10.0 Å². The highest BCUT2D eigenvalue weighted by molar-refractivity contribution is 7.90. The van der Waals surface area contributed by atoms with Crippen molar-refractivity contribution in [2.75, 3.05) is 13.1 Å². The molecule has 2 aromatic rings. The zero-order valence-corrected chi connectivity index (χ0v) is 14.6. The minimum absolute atomic E-state index is 0.267. The normalized spacial score (nSPS) is 11.1. The van der Waals surface area contributed by atoms with Crippen LogP contribution in [0, 0.1) is 6.92 Å². The molecule has 4 nitrogen and oxygen atoms in total. The Hall–Kier alpha value is -2.14. The van der Waals surface area contributed by atoms with Gasteiger partial charge in [-0.3, -0.25) is 4.58 Å². The monoisotopic (exact) mass is 331 g/mol. The summed E-state index contributed by atoms with van der Waals surface area (Å²) in [6.07, 6.45) is 0. The lowest BCUT2D eigenvalue weighted by Gasteiger charge is -2.11. The molecule has 0 spiro atoms. The zero-order chi connectivity index (χ0) is 16.9. The summed E-state index contributed by atoms with van der Waals surface area (Å²) in [4.78, 5) is 0.267. The van der Waals surface area contributed by atoms with E-state index in [0.29, 0.717) is 5.84 Å². The van der Waals surface area contributed by atoms with Crippen molar-refractivity contribution in [1.82, 2.24) is 4.72 Å². The molecule has 0 aromatic heterocycles. The second kappa shape index (κ2) is 7.42. The number of nitrogens with zero attached hydrogens (tertiary/aromatic N) is 1. The van der Waals surface area contributed by atoms with Gasteiger partial charge in [-0.15, -0.1) is 0 Å². The Bertz CT molecular complexity index is 774. The summed E-state index contributed by atoms with van der Waals surface area (Å²) >= 11 is 0. The Balaban J connectivity index is 2.46. The molecule has 122 valence electrons. The van der Waals surface area contributed by atoms with Crippen LogP contribution in [0.4, 0.5) is 0 Å². The summed E-state index contributed by atoms with van der Waals surface area (Å²) < 4.78 is 30.2. The highest BCUT2D eigenvalue weighted by atomic mass is 32.2. The van der Waals surface area contributed by atoms with E-state index in [1.54, 1.807) is 24.3 Å². The van der Waals surface area contributed by atoms with E-state index in [1.165, 1.54) is 0 Å². The Morgan fingerprint density at radius 1 is 0.957 bits per heavy atom. The van der Waals surface area contributed by atoms with Crippen LogP contribution in [-0.4, -0.2) is 31.9 Å². The first-order valence-electron chi connectivity index (χ1n) is 7.74. The van der Waals surface area contributed by atoms with Crippen LogP contribution in [0.1, 0.15) is 25.0 Å². The van der Waals surface area contributed by atoms with Gasteiger partial charge in [0.2, 0.25) is 0 Å². The quantitative estimate of drug-likeness (QED) is 0.520. The lowest BCUT2D eigenvalue weighted by molar-refractivity contribution is -0.521. The fraction of sp³-hybridized carbons (Fsp3) is 0.278. The Kier molecular flexibility index (Phi) is 5.55. The van der Waals surface area contributed by atoms with Gasteiger partial charge in [0, 0.05) is 0 Å². The van der Waals surface area contributed by atoms with E-state index in [-0.39, 0.29) is 4.90 Å². The molecule has 5 heteroatoms. The molecule has 0 fully saturated rings. The van der Waals surface area contributed by atoms with Crippen LogP contribution in [0.25, 0.3) is 0 Å². The summed E-state index contributed by atoms with van der Waals surface area (Å²) in [5.41, 5.74) is 1.88. The predicted octanol–water partition coefficient (Wildman–Crippen LogP) is 2.77. The fourth-order valence-corrected chi connectivity index (χ4v) is 3.46. The second-order valence-electron chi connectivity index (χ2n) is 5.31. The molecule has 0 aliphatic carbocycles. The van der Waals surface area contributed by atoms with Gasteiger partial charge in [-0.2, -0.15) is 13.1 Å². The van der Waals surface area contributed by atoms with Crippen molar-refractivity contribution in [3.63, 3.8) is 0 Å². The highest BCUT2D eigenvalue weighted by Crippen LogP contribution is 2.11. The summed E-state index contributed by atoms with van der Waals surface area (Å²) in [7, 11) is -3.62. The standard InChI is InChI=1S/C18H22N2O2S/c1-4-20(5-2)18(16-9-7-6-8-10-16)19-23(21,22)17-13-11-15(3)12-14-17/h6-14H,4-5H2,1-3H3/p+1. The van der Waals surface area contributed by atoms with Crippen LogP contribution >= 0.6 is 0 Å². The maximum atomic E-state index is 12.7. The van der Waals surface area contributed by atoms with Crippen molar-refractivity contribution in [2.24, 2.45) is 0 Å². The first-order chi connectivity index (χ1) is 11.0. The molecular weight excluding hydrogens is 308 g/mol. The molecule has 0 radical (unpaired) electrons. The second-order valence-corrected chi connectivity index (χ2v) is 6.99. The number of amidine groups is 1. The van der Waals surface area contributed by atoms with Crippen LogP contribution in [0.3, 0.4) is 0 Å². The minimum atomic E-state index is -3.62. The molecular formula is C18H23N2O2S+. The number of nitrogens with one attached hydrogen (secondary N) is 1. The van der Waals surface area contributed by atoms with Crippen LogP contribution in [0.5, 0.6) is 0 Å². The number of rotatable bonds is 5. The van der Waals surface area contributed by atoms with Crippen LogP contribution in [0.15, 0.2) is 59.5 Å². The van der Waals surface area contributed by atoms with Gasteiger partial charge in [-0.25, -0.2) is 0 Å². The van der Waals surface area contributed by atoms with Crippen molar-refractivity contribution in [3.05, 3.63) is 65.7 Å². The molecule has 23 heavy (non-hydrogen) atoms. The van der Waals surface area contributed by atoms with Gasteiger partial charge >= 0.3 is 10.0 Å². The molecule has 0 unspecified atom stereocenters. The maximum absolute atomic E-state index is 12.7. The van der Waals surface area contributed by atoms with E-state index >= 15 is 0 Å². The van der Waals surface area contributed by atoms with E-state index in [9.17, 15) is 8.42 Å². The summed E-state index contributed by atoms with van der Waals surface area (Å²) in [6.45, 7) is 7.38. The number of benzene rings is 2. The van der Waals surface area contributed by atoms with E-state index in [4.69, 9.17) is 0 Å². The first kappa shape index (κ1) is 17.2. The Morgan fingerprint density at radius 2 is 1.52 bits per heavy atom. The first-order valence-corrected chi connectivity index (χ1v) is 9.23. The number of sulfonamides is 1. The molecule has 0 heterocycles. The van der Waals surface area contributed by atoms with Crippen molar-refractivity contribution >= 4 is 15.9 Å². The molecule has 0 saturated heterocycles. The molecule has 0 aliphatic heterocycles. The van der Waals surface area contributed by atoms with Crippen LogP contribution < -0.4 is 4.72 Å². The Labute approximate surface area is 138 Å². The summed E-state index contributed by atoms with van der Waals surface area (Å²) in [5, 5.41) is 0. The molecule has 1 N–H and O–H groups in total. The van der Waals surface area contributed by atoms with Crippen molar-refractivity contribution in [3.8, 4) is 0 Å². The zero-order valence-electron chi connectivity index (χ0n) is 13.8. The van der Waals surface area contributed by atoms with Gasteiger partial charge in [0.1, 0.15) is 4.90 Å². The van der Waals surface area contributed by atoms with Crippen LogP contribution in [-0.2, 0) is 10.0 Å². The lowest BCUT2D eigenvalue weighted by Crippen LogP contribution is -2.38. The average molecular weight is 331 g/mol. The molecule has 2 rings (SSSR count). The van der Waals surface area contributed by atoms with Gasteiger partial charge in [0.25, 0.3) is 5.84 Å². The Morgan fingerprint density at radius 3 is 2.04 bits per heavy atom. The smallest absolute Gasteiger partial charge is 0.261 e. The lowest BCUT2D eigenvalue weighted by atomic mass is 10.2. The largest absolute Gasteiger partial charge is 0.328 e. The van der Waals surface area contributed by atoms with Gasteiger partial charge in [-0.05, 0) is 45.0 Å². The van der Waals surface area contributed by atoms with Crippen molar-refractivity contribution < 1.29 is 13.0 Å². The number of aryl methyl sites for hydroxylation is 1. The number of hydrogen-bond donors (Lipinski definition) is 1. The molecule has 0 aliphatic rings. The highest BCUT2D eigenvalue weighted by Gasteiger charge is 2.25. The van der Waals surface area contributed by atoms with E-state index in [0.717, 1.165) is 24.2 Å². The molecule has 0 atom stereocenters. The van der Waals surface area contributed by atoms with Crippen molar-refractivity contribution in [1.29, 1.82) is 0 Å². The van der Waals surface area contributed by atoms with Gasteiger partial charge in [0.15, 0.2) is 0 Å². The molecule has 2 aromatic carbocycles. The van der Waals surface area contributed by atoms with Crippen LogP contribution in [0.2, 0.25) is 0 Å². The molecule has 0 bridgehead atoms. The summed E-state index contributed by atoms with van der Waals surface area (Å²) in [6, 6.07) is 16.4. The topological polar surface area (TPSA) is 49.2 Å². The predicted molar refractivity (Wildman–Crippen MR) is 93.4 cm³/mol. The fourth-order valence-electron chi connectivity index (χ4n) is 2.35. The third-order valence-corrected chi connectivity index (χ3v) is 5.04. The molecule has 0 saturated carbocycles. The maximum Gasteiger partial charge on any atom is 0.328 e. The SMILES string of the molecule is CC[N+](CC)=C(NS(=O)(=O)c1ccc(C)cc1)c1ccccc1. The van der Waals surface area contributed by atoms with E-state index in [1.807, 2.05) is 55.7 Å². The minimum Gasteiger partial charge on any atom is -0.261 e. The molecule has 0 amide bonds. The third kappa shape index (κ3) is 4.20. The summed E-state index contributed by atoms with van der Waals surface area (Å²) in [5.74, 6) is 0.608. The third-order valence-electron chi connectivity index (χ3n) is 3.69. The van der Waals surface area contributed by atoms with Gasteiger partial charge in [0.05, 0.1) is 18.7 Å². The van der Waals surface area contributed by atoms with Gasteiger partial charge < -0.3 is 0 Å². The van der Waals surface area contributed by atoms with E-state index in [2.05, 4.69) is 4.72 Å². The number of hydrogen-bond acceptors (Lipinski definition) is 2. The van der Waals surface area contributed by atoms with Gasteiger partial charge in [-0.1, -0.05) is 35.9 Å².